The van der Waals surface area contributed by atoms with Gasteiger partial charge in [0, 0.05) is 5.56 Å². The van der Waals surface area contributed by atoms with E-state index >= 15 is 0 Å². The molecular formula is C17H11FN2O. The molecule has 0 aliphatic heterocycles. The summed E-state index contributed by atoms with van der Waals surface area (Å²) in [5.41, 5.74) is 3.80. The molecule has 0 aliphatic carbocycles. The van der Waals surface area contributed by atoms with Crippen LogP contribution in [-0.2, 0) is 0 Å². The van der Waals surface area contributed by atoms with Gasteiger partial charge >= 0.3 is 0 Å². The fourth-order valence-electron chi connectivity index (χ4n) is 2.23. The predicted octanol–water partition coefficient (Wildman–Crippen LogP) is 4.33. The topological polar surface area (TPSA) is 49.8 Å². The molecule has 0 radical (unpaired) electrons. The Labute approximate surface area is 121 Å². The smallest absolute Gasteiger partial charge is 0.142 e. The Morgan fingerprint density at radius 3 is 2.24 bits per heavy atom. The van der Waals surface area contributed by atoms with Gasteiger partial charge in [0.15, 0.2) is 0 Å². The molecule has 3 rings (SSSR count). The maximum Gasteiger partial charge on any atom is 0.142 e. The van der Waals surface area contributed by atoms with Crippen molar-refractivity contribution in [1.82, 2.24) is 5.16 Å². The summed E-state index contributed by atoms with van der Waals surface area (Å²) in [5.74, 6) is 0.387. The van der Waals surface area contributed by atoms with Crippen molar-refractivity contribution >= 4 is 0 Å². The van der Waals surface area contributed by atoms with Crippen LogP contribution in [0.25, 0.3) is 22.4 Å². The summed E-state index contributed by atoms with van der Waals surface area (Å²) >= 11 is 0. The van der Waals surface area contributed by atoms with Crippen LogP contribution in [0.2, 0.25) is 0 Å². The molecule has 1 aromatic heterocycles. The molecule has 102 valence electrons. The summed E-state index contributed by atoms with van der Waals surface area (Å²) < 4.78 is 18.3. The van der Waals surface area contributed by atoms with Gasteiger partial charge in [0.1, 0.15) is 17.3 Å². The lowest BCUT2D eigenvalue weighted by molar-refractivity contribution is 0.400. The Morgan fingerprint density at radius 2 is 1.62 bits per heavy atom. The lowest BCUT2D eigenvalue weighted by Gasteiger charge is -2.03. The Hall–Kier alpha value is -2.93. The minimum absolute atomic E-state index is 0.293. The van der Waals surface area contributed by atoms with E-state index in [4.69, 9.17) is 9.78 Å². The zero-order chi connectivity index (χ0) is 14.8. The molecule has 3 nitrogen and oxygen atoms in total. The number of hydrogen-bond donors (Lipinski definition) is 0. The number of halogens is 1. The molecule has 0 saturated heterocycles. The van der Waals surface area contributed by atoms with Crippen LogP contribution in [0, 0.1) is 24.1 Å². The predicted molar refractivity (Wildman–Crippen MR) is 76.8 cm³/mol. The molecule has 0 atom stereocenters. The first-order chi connectivity index (χ1) is 10.2. The van der Waals surface area contributed by atoms with Crippen molar-refractivity contribution in [3.63, 3.8) is 0 Å². The van der Waals surface area contributed by atoms with Crippen LogP contribution >= 0.6 is 0 Å². The number of aromatic nitrogens is 1. The van der Waals surface area contributed by atoms with Crippen molar-refractivity contribution in [2.75, 3.05) is 0 Å². The number of nitriles is 1. The first-order valence-corrected chi connectivity index (χ1v) is 6.42. The zero-order valence-electron chi connectivity index (χ0n) is 11.3. The quantitative estimate of drug-likeness (QED) is 0.701. The molecule has 0 amide bonds. The molecule has 0 fully saturated rings. The van der Waals surface area contributed by atoms with Gasteiger partial charge in [-0.05, 0) is 48.9 Å². The van der Waals surface area contributed by atoms with Crippen molar-refractivity contribution < 1.29 is 8.91 Å². The fourth-order valence-corrected chi connectivity index (χ4v) is 2.23. The van der Waals surface area contributed by atoms with E-state index in [1.165, 1.54) is 12.1 Å². The van der Waals surface area contributed by atoms with Crippen LogP contribution < -0.4 is 0 Å². The summed E-state index contributed by atoms with van der Waals surface area (Å²) in [6.07, 6.45) is 0. The van der Waals surface area contributed by atoms with Crippen LogP contribution in [0.15, 0.2) is 53.1 Å². The lowest BCUT2D eigenvalue weighted by atomic mass is 9.99. The van der Waals surface area contributed by atoms with Gasteiger partial charge in [0.05, 0.1) is 17.2 Å². The maximum atomic E-state index is 13.0. The van der Waals surface area contributed by atoms with E-state index in [-0.39, 0.29) is 5.82 Å². The monoisotopic (exact) mass is 278 g/mol. The molecule has 3 aromatic rings. The first-order valence-electron chi connectivity index (χ1n) is 6.42. The Bertz CT molecular complexity index is 811. The minimum atomic E-state index is -0.293. The number of nitrogens with zero attached hydrogens (tertiary/aromatic N) is 2. The average Bonchev–Trinajstić information content (AvgIpc) is 2.90. The number of rotatable bonds is 2. The van der Waals surface area contributed by atoms with Gasteiger partial charge in [0.2, 0.25) is 0 Å². The van der Waals surface area contributed by atoms with Crippen LogP contribution in [-0.4, -0.2) is 5.16 Å². The van der Waals surface area contributed by atoms with E-state index in [1.54, 1.807) is 24.3 Å². The molecule has 4 heteroatoms. The molecular weight excluding hydrogens is 267 g/mol. The molecule has 0 N–H and O–H groups in total. The highest BCUT2D eigenvalue weighted by Crippen LogP contribution is 2.34. The van der Waals surface area contributed by atoms with Crippen molar-refractivity contribution in [2.45, 2.75) is 6.92 Å². The fraction of sp³-hybridized carbons (Fsp3) is 0.0588. The van der Waals surface area contributed by atoms with Gasteiger partial charge in [-0.1, -0.05) is 17.3 Å². The van der Waals surface area contributed by atoms with Gasteiger partial charge in [-0.25, -0.2) is 4.39 Å². The third-order valence-electron chi connectivity index (χ3n) is 3.28. The summed E-state index contributed by atoms with van der Waals surface area (Å²) in [4.78, 5) is 0. The number of aryl methyl sites for hydroxylation is 1. The van der Waals surface area contributed by atoms with Gasteiger partial charge in [-0.15, -0.1) is 0 Å². The van der Waals surface area contributed by atoms with Gasteiger partial charge in [-0.2, -0.15) is 5.26 Å². The molecule has 21 heavy (non-hydrogen) atoms. The normalized spacial score (nSPS) is 10.3. The average molecular weight is 278 g/mol. The second-order valence-electron chi connectivity index (χ2n) is 4.66. The summed E-state index contributed by atoms with van der Waals surface area (Å²) in [7, 11) is 0. The van der Waals surface area contributed by atoms with E-state index in [1.807, 2.05) is 19.1 Å². The van der Waals surface area contributed by atoms with Crippen molar-refractivity contribution in [3.8, 4) is 28.5 Å². The molecule has 0 saturated carbocycles. The highest BCUT2D eigenvalue weighted by molar-refractivity contribution is 5.82. The van der Waals surface area contributed by atoms with E-state index in [0.29, 0.717) is 17.0 Å². The number of benzene rings is 2. The van der Waals surface area contributed by atoms with E-state index in [0.717, 1.165) is 16.7 Å². The molecule has 0 aliphatic rings. The van der Waals surface area contributed by atoms with Crippen LogP contribution in [0.1, 0.15) is 11.3 Å². The Kier molecular flexibility index (Phi) is 3.25. The zero-order valence-corrected chi connectivity index (χ0v) is 11.3. The molecule has 1 heterocycles. The van der Waals surface area contributed by atoms with Crippen LogP contribution in [0.5, 0.6) is 0 Å². The van der Waals surface area contributed by atoms with Gasteiger partial charge in [0.25, 0.3) is 0 Å². The second-order valence-corrected chi connectivity index (χ2v) is 4.66. The summed E-state index contributed by atoms with van der Waals surface area (Å²) in [5, 5.41) is 12.9. The van der Waals surface area contributed by atoms with Gasteiger partial charge in [-0.3, -0.25) is 0 Å². The SMILES string of the molecule is Cc1onc(-c2ccc(F)cc2)c1-c1ccc(C#N)cc1. The first kappa shape index (κ1) is 13.1. The molecule has 0 unspecified atom stereocenters. The van der Waals surface area contributed by atoms with Crippen molar-refractivity contribution in [3.05, 3.63) is 65.7 Å². The summed E-state index contributed by atoms with van der Waals surface area (Å²) in [6, 6.07) is 15.4. The van der Waals surface area contributed by atoms with Crippen molar-refractivity contribution in [2.24, 2.45) is 0 Å². The van der Waals surface area contributed by atoms with E-state index in [9.17, 15) is 4.39 Å². The molecule has 0 spiro atoms. The van der Waals surface area contributed by atoms with Gasteiger partial charge < -0.3 is 4.52 Å². The molecule has 0 bridgehead atoms. The maximum absolute atomic E-state index is 13.0. The summed E-state index contributed by atoms with van der Waals surface area (Å²) in [6.45, 7) is 1.83. The van der Waals surface area contributed by atoms with Crippen LogP contribution in [0.3, 0.4) is 0 Å². The Morgan fingerprint density at radius 1 is 1.00 bits per heavy atom. The highest BCUT2D eigenvalue weighted by atomic mass is 19.1. The minimum Gasteiger partial charge on any atom is -0.360 e. The van der Waals surface area contributed by atoms with E-state index < -0.39 is 0 Å². The molecule has 2 aromatic carbocycles. The second kappa shape index (κ2) is 5.22. The standard InChI is InChI=1S/C17H11FN2O/c1-11-16(13-4-2-12(10-19)3-5-13)17(20-21-11)14-6-8-15(18)9-7-14/h2-9H,1H3. The Balaban J connectivity index is 2.12. The largest absolute Gasteiger partial charge is 0.360 e. The van der Waals surface area contributed by atoms with Crippen LogP contribution in [0.4, 0.5) is 4.39 Å². The lowest BCUT2D eigenvalue weighted by Crippen LogP contribution is -1.85. The third-order valence-corrected chi connectivity index (χ3v) is 3.28. The van der Waals surface area contributed by atoms with Crippen molar-refractivity contribution in [1.29, 1.82) is 5.26 Å². The van der Waals surface area contributed by atoms with E-state index in [2.05, 4.69) is 11.2 Å². The number of hydrogen-bond acceptors (Lipinski definition) is 3. The third kappa shape index (κ3) is 2.41. The highest BCUT2D eigenvalue weighted by Gasteiger charge is 2.16.